The number of hydrogen-bond acceptors (Lipinski definition) is 2. The molecule has 0 spiro atoms. The Morgan fingerprint density at radius 1 is 1.20 bits per heavy atom. The molecule has 0 aliphatic carbocycles. The highest BCUT2D eigenvalue weighted by atomic mass is 35.5. The number of aliphatic imine (C=N–C) groups is 1. The standard InChI is InChI=1S/C23H28Cl2N4O/c1-3-26-23(28-16(2)20-10-9-19(24)13-21(20)25)27-14-17-6-4-7-18(12-17)15-29-11-5-8-22(29)30/h4,6-7,9-10,12-13,16H,3,5,8,11,14-15H2,1-2H3,(H2,26,27,28). The molecule has 1 aliphatic rings. The van der Waals surface area contributed by atoms with Crippen molar-refractivity contribution < 1.29 is 4.79 Å². The predicted octanol–water partition coefficient (Wildman–Crippen LogP) is 4.93. The molecule has 30 heavy (non-hydrogen) atoms. The van der Waals surface area contributed by atoms with Gasteiger partial charge < -0.3 is 15.5 Å². The van der Waals surface area contributed by atoms with Gasteiger partial charge in [0.1, 0.15) is 0 Å². The SMILES string of the molecule is CCNC(=NCc1cccc(CN2CCCC2=O)c1)NC(C)c1ccc(Cl)cc1Cl. The Hall–Kier alpha value is -2.24. The van der Waals surface area contributed by atoms with Crippen molar-refractivity contribution >= 4 is 35.1 Å². The molecule has 1 amide bonds. The molecule has 1 saturated heterocycles. The number of hydrogen-bond donors (Lipinski definition) is 2. The van der Waals surface area contributed by atoms with Crippen LogP contribution in [-0.4, -0.2) is 29.9 Å². The lowest BCUT2D eigenvalue weighted by molar-refractivity contribution is -0.128. The lowest BCUT2D eigenvalue weighted by Gasteiger charge is -2.19. The van der Waals surface area contributed by atoms with Crippen LogP contribution in [0.15, 0.2) is 47.5 Å². The molecule has 1 fully saturated rings. The van der Waals surface area contributed by atoms with Crippen molar-refractivity contribution in [3.8, 4) is 0 Å². The van der Waals surface area contributed by atoms with Crippen LogP contribution in [0.1, 0.15) is 49.4 Å². The Bertz CT molecular complexity index is 916. The number of guanidine groups is 1. The third kappa shape index (κ3) is 6.13. The minimum atomic E-state index is -0.0277. The fourth-order valence-corrected chi connectivity index (χ4v) is 4.12. The number of carbonyl (C=O) groups excluding carboxylic acids is 1. The molecule has 1 unspecified atom stereocenters. The molecular weight excluding hydrogens is 419 g/mol. The van der Waals surface area contributed by atoms with Crippen molar-refractivity contribution in [1.82, 2.24) is 15.5 Å². The van der Waals surface area contributed by atoms with Crippen LogP contribution in [0.5, 0.6) is 0 Å². The number of halogens is 2. The van der Waals surface area contributed by atoms with E-state index < -0.39 is 0 Å². The summed E-state index contributed by atoms with van der Waals surface area (Å²) in [6.45, 7) is 6.88. The zero-order valence-corrected chi connectivity index (χ0v) is 18.9. The number of nitrogens with zero attached hydrogens (tertiary/aromatic N) is 2. The van der Waals surface area contributed by atoms with Crippen LogP contribution in [0, 0.1) is 0 Å². The number of likely N-dealkylation sites (tertiary alicyclic amines) is 1. The molecule has 1 heterocycles. The van der Waals surface area contributed by atoms with E-state index >= 15 is 0 Å². The summed E-state index contributed by atoms with van der Waals surface area (Å²) in [5.74, 6) is 0.961. The van der Waals surface area contributed by atoms with Gasteiger partial charge in [-0.2, -0.15) is 0 Å². The maximum Gasteiger partial charge on any atom is 0.222 e. The van der Waals surface area contributed by atoms with E-state index in [2.05, 4.69) is 28.8 Å². The topological polar surface area (TPSA) is 56.7 Å². The normalized spacial score (nSPS) is 15.4. The van der Waals surface area contributed by atoms with Gasteiger partial charge in [0.05, 0.1) is 12.6 Å². The van der Waals surface area contributed by atoms with Gasteiger partial charge in [-0.3, -0.25) is 4.79 Å². The summed E-state index contributed by atoms with van der Waals surface area (Å²) >= 11 is 12.3. The van der Waals surface area contributed by atoms with Crippen LogP contribution in [0.3, 0.4) is 0 Å². The van der Waals surface area contributed by atoms with Gasteiger partial charge in [-0.25, -0.2) is 4.99 Å². The number of carbonyl (C=O) groups is 1. The minimum Gasteiger partial charge on any atom is -0.357 e. The number of amides is 1. The highest BCUT2D eigenvalue weighted by molar-refractivity contribution is 6.35. The maximum atomic E-state index is 11.9. The van der Waals surface area contributed by atoms with Crippen LogP contribution in [-0.2, 0) is 17.9 Å². The molecule has 0 bridgehead atoms. The van der Waals surface area contributed by atoms with Crippen molar-refractivity contribution in [3.05, 3.63) is 69.2 Å². The highest BCUT2D eigenvalue weighted by Gasteiger charge is 2.20. The Kier molecular flexibility index (Phi) is 8.00. The van der Waals surface area contributed by atoms with Gasteiger partial charge in [-0.15, -0.1) is 0 Å². The molecule has 7 heteroatoms. The van der Waals surface area contributed by atoms with Crippen LogP contribution < -0.4 is 10.6 Å². The molecule has 2 N–H and O–H groups in total. The smallest absolute Gasteiger partial charge is 0.222 e. The number of benzene rings is 2. The molecule has 1 atom stereocenters. The molecular formula is C23H28Cl2N4O. The van der Waals surface area contributed by atoms with E-state index in [1.807, 2.05) is 36.9 Å². The molecule has 5 nitrogen and oxygen atoms in total. The molecule has 2 aromatic rings. The number of nitrogens with one attached hydrogen (secondary N) is 2. The van der Waals surface area contributed by atoms with Gasteiger partial charge in [-0.05, 0) is 49.1 Å². The van der Waals surface area contributed by atoms with E-state index in [4.69, 9.17) is 28.2 Å². The summed E-state index contributed by atoms with van der Waals surface area (Å²) in [7, 11) is 0. The van der Waals surface area contributed by atoms with Crippen LogP contribution in [0.4, 0.5) is 0 Å². The minimum absolute atomic E-state index is 0.0277. The van der Waals surface area contributed by atoms with E-state index in [0.29, 0.717) is 29.6 Å². The molecule has 2 aromatic carbocycles. The predicted molar refractivity (Wildman–Crippen MR) is 124 cm³/mol. The van der Waals surface area contributed by atoms with Crippen molar-refractivity contribution in [2.45, 2.75) is 45.8 Å². The van der Waals surface area contributed by atoms with E-state index in [1.54, 1.807) is 6.07 Å². The maximum absolute atomic E-state index is 11.9. The second-order valence-corrected chi connectivity index (χ2v) is 8.31. The average molecular weight is 447 g/mol. The van der Waals surface area contributed by atoms with Crippen molar-refractivity contribution in [1.29, 1.82) is 0 Å². The van der Waals surface area contributed by atoms with Gasteiger partial charge in [0.15, 0.2) is 5.96 Å². The van der Waals surface area contributed by atoms with Gasteiger partial charge in [0.2, 0.25) is 5.91 Å². The second-order valence-electron chi connectivity index (χ2n) is 7.47. The third-order valence-corrected chi connectivity index (χ3v) is 5.64. The first-order valence-electron chi connectivity index (χ1n) is 10.3. The monoisotopic (exact) mass is 446 g/mol. The fraction of sp³-hybridized carbons (Fsp3) is 0.391. The summed E-state index contributed by atoms with van der Waals surface area (Å²) < 4.78 is 0. The van der Waals surface area contributed by atoms with Crippen LogP contribution >= 0.6 is 23.2 Å². The van der Waals surface area contributed by atoms with Crippen molar-refractivity contribution in [3.63, 3.8) is 0 Å². The van der Waals surface area contributed by atoms with Gasteiger partial charge in [0.25, 0.3) is 0 Å². The van der Waals surface area contributed by atoms with E-state index in [0.717, 1.165) is 42.2 Å². The average Bonchev–Trinajstić information content (AvgIpc) is 3.11. The molecule has 0 aromatic heterocycles. The quantitative estimate of drug-likeness (QED) is 0.467. The van der Waals surface area contributed by atoms with Gasteiger partial charge >= 0.3 is 0 Å². The van der Waals surface area contributed by atoms with Gasteiger partial charge in [-0.1, -0.05) is 53.5 Å². The van der Waals surface area contributed by atoms with Crippen LogP contribution in [0.2, 0.25) is 10.0 Å². The Morgan fingerprint density at radius 2 is 2.00 bits per heavy atom. The summed E-state index contributed by atoms with van der Waals surface area (Å²) in [6.07, 6.45) is 1.62. The second kappa shape index (κ2) is 10.7. The lowest BCUT2D eigenvalue weighted by atomic mass is 10.1. The highest BCUT2D eigenvalue weighted by Crippen LogP contribution is 2.26. The third-order valence-electron chi connectivity index (χ3n) is 5.08. The summed E-state index contributed by atoms with van der Waals surface area (Å²) in [4.78, 5) is 18.5. The first kappa shape index (κ1) is 22.4. The summed E-state index contributed by atoms with van der Waals surface area (Å²) in [5.41, 5.74) is 3.20. The zero-order chi connectivity index (χ0) is 21.5. The van der Waals surface area contributed by atoms with Crippen molar-refractivity contribution in [2.24, 2.45) is 4.99 Å². The lowest BCUT2D eigenvalue weighted by Crippen LogP contribution is -2.38. The molecule has 160 valence electrons. The first-order valence-corrected chi connectivity index (χ1v) is 11.1. The van der Waals surface area contributed by atoms with E-state index in [9.17, 15) is 4.79 Å². The van der Waals surface area contributed by atoms with E-state index in [-0.39, 0.29) is 11.9 Å². The molecule has 3 rings (SSSR count). The van der Waals surface area contributed by atoms with E-state index in [1.165, 1.54) is 0 Å². The molecule has 1 aliphatic heterocycles. The van der Waals surface area contributed by atoms with Crippen LogP contribution in [0.25, 0.3) is 0 Å². The largest absolute Gasteiger partial charge is 0.357 e. The summed E-state index contributed by atoms with van der Waals surface area (Å²) in [5, 5.41) is 7.93. The fourth-order valence-electron chi connectivity index (χ4n) is 3.54. The van der Waals surface area contributed by atoms with Crippen molar-refractivity contribution in [2.75, 3.05) is 13.1 Å². The molecule has 0 radical (unpaired) electrons. The zero-order valence-electron chi connectivity index (χ0n) is 17.4. The Morgan fingerprint density at radius 3 is 2.70 bits per heavy atom. The number of rotatable bonds is 7. The summed E-state index contributed by atoms with van der Waals surface area (Å²) in [6, 6.07) is 13.7. The first-order chi connectivity index (χ1) is 14.5. The Labute approximate surface area is 188 Å². The molecule has 0 saturated carbocycles. The Balaban J connectivity index is 1.66. The van der Waals surface area contributed by atoms with Gasteiger partial charge in [0, 0.05) is 36.1 Å².